The first kappa shape index (κ1) is 25.0. The molecule has 0 spiro atoms. The lowest BCUT2D eigenvalue weighted by Crippen LogP contribution is -2.51. The molecule has 35 heavy (non-hydrogen) atoms. The van der Waals surface area contributed by atoms with Crippen molar-refractivity contribution < 1.29 is 24.2 Å². The summed E-state index contributed by atoms with van der Waals surface area (Å²) in [7, 11) is 1.43. The van der Waals surface area contributed by atoms with Crippen LogP contribution in [0.4, 0.5) is 5.69 Å². The number of carboxylic acid groups (broad SMARTS) is 1. The summed E-state index contributed by atoms with van der Waals surface area (Å²) in [6.07, 6.45) is 2.38. The topological polar surface area (TPSA) is 99.2 Å². The zero-order chi connectivity index (χ0) is 25.1. The van der Waals surface area contributed by atoms with Crippen LogP contribution in [0, 0.1) is 6.92 Å². The van der Waals surface area contributed by atoms with E-state index in [1.165, 1.54) is 24.8 Å². The molecule has 1 atom stereocenters. The Labute approximate surface area is 209 Å². The lowest BCUT2D eigenvalue weighted by atomic mass is 10.0. The number of aromatic carboxylic acids is 1. The largest absolute Gasteiger partial charge is 0.497 e. The van der Waals surface area contributed by atoms with Crippen LogP contribution in [0.5, 0.6) is 5.75 Å². The van der Waals surface area contributed by atoms with Gasteiger partial charge in [0.05, 0.1) is 12.7 Å². The first-order chi connectivity index (χ1) is 16.7. The van der Waals surface area contributed by atoms with Crippen LogP contribution < -0.4 is 10.1 Å². The second-order valence-electron chi connectivity index (χ2n) is 9.19. The predicted molar refractivity (Wildman–Crippen MR) is 133 cm³/mol. The van der Waals surface area contributed by atoms with Gasteiger partial charge in [-0.05, 0) is 55.5 Å². The molecule has 2 aliphatic rings. The Morgan fingerprint density at radius 2 is 1.89 bits per heavy atom. The summed E-state index contributed by atoms with van der Waals surface area (Å²) in [6, 6.07) is 9.85. The van der Waals surface area contributed by atoms with Gasteiger partial charge in [0.1, 0.15) is 11.8 Å². The van der Waals surface area contributed by atoms with Gasteiger partial charge in [-0.15, -0.1) is 0 Å². The van der Waals surface area contributed by atoms with E-state index >= 15 is 0 Å². The number of hydrogen-bond acceptors (Lipinski definition) is 5. The lowest BCUT2D eigenvalue weighted by Gasteiger charge is -2.39. The fraction of sp³-hybridized carbons (Fsp3) is 0.423. The van der Waals surface area contributed by atoms with Crippen molar-refractivity contribution in [2.75, 3.05) is 25.5 Å². The van der Waals surface area contributed by atoms with Crippen LogP contribution in [0.3, 0.4) is 0 Å². The molecular formula is C26H30ClN3O5. The normalized spacial score (nSPS) is 19.1. The molecule has 2 aromatic carbocycles. The van der Waals surface area contributed by atoms with E-state index in [1.54, 1.807) is 11.0 Å². The fourth-order valence-corrected chi connectivity index (χ4v) is 5.09. The molecule has 2 aromatic rings. The smallest absolute Gasteiger partial charge is 0.335 e. The van der Waals surface area contributed by atoms with Crippen molar-refractivity contribution in [1.82, 2.24) is 9.80 Å². The molecule has 2 saturated heterocycles. The number of piperidine rings is 1. The Hall–Kier alpha value is -3.10. The minimum Gasteiger partial charge on any atom is -0.497 e. The zero-order valence-electron chi connectivity index (χ0n) is 19.9. The highest BCUT2D eigenvalue weighted by atomic mass is 35.5. The third-order valence-corrected chi connectivity index (χ3v) is 7.22. The summed E-state index contributed by atoms with van der Waals surface area (Å²) in [5, 5.41) is 12.9. The number of hydrogen-bond donors (Lipinski definition) is 2. The monoisotopic (exact) mass is 499 g/mol. The number of aryl methyl sites for hydroxylation is 1. The van der Waals surface area contributed by atoms with Crippen molar-refractivity contribution in [2.24, 2.45) is 0 Å². The van der Waals surface area contributed by atoms with Gasteiger partial charge in [0.25, 0.3) is 0 Å². The van der Waals surface area contributed by atoms with Crippen LogP contribution in [-0.4, -0.2) is 65.0 Å². The summed E-state index contributed by atoms with van der Waals surface area (Å²) >= 11 is 6.14. The van der Waals surface area contributed by atoms with Gasteiger partial charge in [-0.3, -0.25) is 14.5 Å². The summed E-state index contributed by atoms with van der Waals surface area (Å²) in [5.41, 5.74) is 2.61. The molecular weight excluding hydrogens is 470 g/mol. The highest BCUT2D eigenvalue weighted by Gasteiger charge is 2.41. The number of carbonyl (C=O) groups is 3. The number of nitrogens with zero attached hydrogens (tertiary/aromatic N) is 2. The zero-order valence-corrected chi connectivity index (χ0v) is 20.7. The number of anilines is 1. The number of halogens is 1. The number of carboxylic acids is 1. The van der Waals surface area contributed by atoms with Gasteiger partial charge in [0, 0.05) is 48.9 Å². The molecule has 0 bridgehead atoms. The predicted octanol–water partition coefficient (Wildman–Crippen LogP) is 3.95. The molecule has 0 aromatic heterocycles. The molecule has 2 heterocycles. The molecule has 2 N–H and O–H groups in total. The molecule has 186 valence electrons. The molecule has 0 unspecified atom stereocenters. The van der Waals surface area contributed by atoms with E-state index in [9.17, 15) is 19.5 Å². The second kappa shape index (κ2) is 10.7. The first-order valence-electron chi connectivity index (χ1n) is 11.8. The van der Waals surface area contributed by atoms with Gasteiger partial charge in [0.15, 0.2) is 0 Å². The maximum atomic E-state index is 13.1. The molecule has 2 amide bonds. The molecule has 0 aliphatic carbocycles. The number of amides is 2. The number of likely N-dealkylation sites (tertiary alicyclic amines) is 2. The Morgan fingerprint density at radius 3 is 2.54 bits per heavy atom. The summed E-state index contributed by atoms with van der Waals surface area (Å²) < 4.78 is 5.16. The molecule has 2 fully saturated rings. The summed E-state index contributed by atoms with van der Waals surface area (Å²) in [5.74, 6) is -1.09. The number of ether oxygens (including phenoxy) is 1. The Balaban J connectivity index is 1.39. The summed E-state index contributed by atoms with van der Waals surface area (Å²) in [4.78, 5) is 41.4. The van der Waals surface area contributed by atoms with E-state index < -0.39 is 12.0 Å². The second-order valence-corrected chi connectivity index (χ2v) is 9.60. The average Bonchev–Trinajstić information content (AvgIpc) is 3.23. The number of rotatable bonds is 7. The van der Waals surface area contributed by atoms with Gasteiger partial charge < -0.3 is 20.1 Å². The van der Waals surface area contributed by atoms with E-state index in [0.717, 1.165) is 43.1 Å². The molecule has 0 saturated carbocycles. The van der Waals surface area contributed by atoms with E-state index in [0.29, 0.717) is 24.3 Å². The highest BCUT2D eigenvalue weighted by Crippen LogP contribution is 2.29. The van der Waals surface area contributed by atoms with Crippen LogP contribution in [0.1, 0.15) is 47.2 Å². The van der Waals surface area contributed by atoms with E-state index in [4.69, 9.17) is 16.3 Å². The standard InChI is InChI=1S/C26H30ClN3O5/c1-16-11-17(3-4-22(16)27)15-29-9-7-20(8-10-29)30-23(5-6-24(30)31)25(32)28-19-12-18(26(33)34)13-21(14-19)35-2/h3-4,11-14,20,23H,5-10,15H2,1-2H3,(H,28,32)(H,33,34)/t23-/m1/s1. The average molecular weight is 500 g/mol. The van der Waals surface area contributed by atoms with Crippen LogP contribution in [0.2, 0.25) is 5.02 Å². The van der Waals surface area contributed by atoms with Gasteiger partial charge in [0.2, 0.25) is 11.8 Å². The van der Waals surface area contributed by atoms with Gasteiger partial charge in [-0.25, -0.2) is 4.79 Å². The van der Waals surface area contributed by atoms with Crippen LogP contribution in [-0.2, 0) is 16.1 Å². The van der Waals surface area contributed by atoms with Crippen LogP contribution in [0.25, 0.3) is 0 Å². The minimum atomic E-state index is -1.11. The Bertz CT molecular complexity index is 1130. The van der Waals surface area contributed by atoms with Crippen molar-refractivity contribution in [3.63, 3.8) is 0 Å². The van der Waals surface area contributed by atoms with E-state index in [-0.39, 0.29) is 23.4 Å². The number of carbonyl (C=O) groups excluding carboxylic acids is 2. The van der Waals surface area contributed by atoms with E-state index in [2.05, 4.69) is 16.3 Å². The third kappa shape index (κ3) is 5.77. The first-order valence-corrected chi connectivity index (χ1v) is 12.1. The Morgan fingerprint density at radius 1 is 1.14 bits per heavy atom. The van der Waals surface area contributed by atoms with Crippen molar-refractivity contribution in [3.05, 3.63) is 58.1 Å². The lowest BCUT2D eigenvalue weighted by molar-refractivity contribution is -0.136. The van der Waals surface area contributed by atoms with Crippen molar-refractivity contribution in [2.45, 2.75) is 51.2 Å². The van der Waals surface area contributed by atoms with Gasteiger partial charge >= 0.3 is 5.97 Å². The molecule has 8 nitrogen and oxygen atoms in total. The highest BCUT2D eigenvalue weighted by molar-refractivity contribution is 6.31. The van der Waals surface area contributed by atoms with Crippen molar-refractivity contribution >= 4 is 35.1 Å². The van der Waals surface area contributed by atoms with Gasteiger partial charge in [-0.2, -0.15) is 0 Å². The van der Waals surface area contributed by atoms with Gasteiger partial charge in [-0.1, -0.05) is 23.7 Å². The number of benzene rings is 2. The molecule has 2 aliphatic heterocycles. The SMILES string of the molecule is COc1cc(NC(=O)[C@H]2CCC(=O)N2C2CCN(Cc3ccc(Cl)c(C)c3)CC2)cc(C(=O)O)c1. The Kier molecular flexibility index (Phi) is 7.62. The number of methoxy groups -OCH3 is 1. The van der Waals surface area contributed by atoms with E-state index in [1.807, 2.05) is 19.1 Å². The third-order valence-electron chi connectivity index (χ3n) is 6.79. The molecule has 4 rings (SSSR count). The van der Waals surface area contributed by atoms with Crippen LogP contribution in [0.15, 0.2) is 36.4 Å². The minimum absolute atomic E-state index is 0.00356. The molecule has 0 radical (unpaired) electrons. The van der Waals surface area contributed by atoms with Crippen molar-refractivity contribution in [3.8, 4) is 5.75 Å². The van der Waals surface area contributed by atoms with Crippen LogP contribution >= 0.6 is 11.6 Å². The maximum absolute atomic E-state index is 13.1. The quantitative estimate of drug-likeness (QED) is 0.598. The maximum Gasteiger partial charge on any atom is 0.335 e. The van der Waals surface area contributed by atoms with Crippen molar-refractivity contribution in [1.29, 1.82) is 0 Å². The fourth-order valence-electron chi connectivity index (χ4n) is 4.97. The number of nitrogens with one attached hydrogen (secondary N) is 1. The summed E-state index contributed by atoms with van der Waals surface area (Å²) in [6.45, 7) is 4.49. The molecule has 9 heteroatoms.